The Morgan fingerprint density at radius 1 is 1.09 bits per heavy atom. The minimum atomic E-state index is -0.562. The SMILES string of the molecule is COC(=O)c1ccc2c(=O)n(-c3ccc(C)cc3)c(=O)[nH]c2c1. The van der Waals surface area contributed by atoms with Crippen molar-refractivity contribution >= 4 is 16.9 Å². The molecule has 3 rings (SSSR count). The molecule has 0 spiro atoms. The third kappa shape index (κ3) is 2.55. The molecule has 0 aliphatic heterocycles. The third-order valence-corrected chi connectivity index (χ3v) is 3.61. The monoisotopic (exact) mass is 310 g/mol. The van der Waals surface area contributed by atoms with Crippen molar-refractivity contribution in [1.29, 1.82) is 0 Å². The standard InChI is InChI=1S/C17H14N2O4/c1-10-3-6-12(7-4-10)19-15(20)13-8-5-11(16(21)23-2)9-14(13)18-17(19)22/h3-9H,1-2H3,(H,18,22). The van der Waals surface area contributed by atoms with Crippen LogP contribution in [0.5, 0.6) is 0 Å². The number of H-pyrrole nitrogens is 1. The highest BCUT2D eigenvalue weighted by atomic mass is 16.5. The molecule has 0 bridgehead atoms. The van der Waals surface area contributed by atoms with Crippen LogP contribution in [0.3, 0.4) is 0 Å². The number of benzene rings is 2. The summed E-state index contributed by atoms with van der Waals surface area (Å²) in [5.74, 6) is -0.532. The van der Waals surface area contributed by atoms with Gasteiger partial charge in [-0.15, -0.1) is 0 Å². The normalized spacial score (nSPS) is 10.7. The third-order valence-electron chi connectivity index (χ3n) is 3.61. The number of aryl methyl sites for hydroxylation is 1. The molecule has 0 unspecified atom stereocenters. The number of esters is 1. The molecule has 2 aromatic carbocycles. The molecule has 0 saturated carbocycles. The molecule has 0 aliphatic carbocycles. The Labute approximate surface area is 131 Å². The number of hydrogen-bond acceptors (Lipinski definition) is 4. The van der Waals surface area contributed by atoms with Crippen molar-refractivity contribution in [2.24, 2.45) is 0 Å². The Hall–Kier alpha value is -3.15. The average Bonchev–Trinajstić information content (AvgIpc) is 2.55. The molecule has 1 heterocycles. The largest absolute Gasteiger partial charge is 0.465 e. The first-order valence-corrected chi connectivity index (χ1v) is 6.95. The van der Waals surface area contributed by atoms with Crippen LogP contribution in [0.2, 0.25) is 0 Å². The van der Waals surface area contributed by atoms with E-state index in [1.165, 1.54) is 25.3 Å². The number of fused-ring (bicyclic) bond motifs is 1. The van der Waals surface area contributed by atoms with E-state index in [2.05, 4.69) is 9.72 Å². The van der Waals surface area contributed by atoms with Crippen molar-refractivity contribution in [3.05, 3.63) is 74.4 Å². The number of carbonyl (C=O) groups excluding carboxylic acids is 1. The summed E-state index contributed by atoms with van der Waals surface area (Å²) in [6, 6.07) is 11.5. The molecule has 116 valence electrons. The van der Waals surface area contributed by atoms with Gasteiger partial charge >= 0.3 is 11.7 Å². The lowest BCUT2D eigenvalue weighted by atomic mass is 10.1. The summed E-state index contributed by atoms with van der Waals surface area (Å²) in [5.41, 5.74) is 1.08. The van der Waals surface area contributed by atoms with Crippen LogP contribution in [0.25, 0.3) is 16.6 Å². The predicted molar refractivity (Wildman–Crippen MR) is 86.2 cm³/mol. The first-order valence-electron chi connectivity index (χ1n) is 6.95. The van der Waals surface area contributed by atoms with Crippen molar-refractivity contribution in [2.45, 2.75) is 6.92 Å². The Balaban J connectivity index is 2.26. The van der Waals surface area contributed by atoms with Crippen LogP contribution in [0.15, 0.2) is 52.1 Å². The van der Waals surface area contributed by atoms with Gasteiger partial charge in [-0.1, -0.05) is 17.7 Å². The highest BCUT2D eigenvalue weighted by Gasteiger charge is 2.12. The van der Waals surface area contributed by atoms with Crippen molar-refractivity contribution in [3.8, 4) is 5.69 Å². The summed E-state index contributed by atoms with van der Waals surface area (Å²) >= 11 is 0. The van der Waals surface area contributed by atoms with E-state index in [4.69, 9.17) is 0 Å². The number of ether oxygens (including phenoxy) is 1. The van der Waals surface area contributed by atoms with Crippen LogP contribution in [0, 0.1) is 6.92 Å². The Morgan fingerprint density at radius 3 is 2.43 bits per heavy atom. The number of nitrogens with zero attached hydrogens (tertiary/aromatic N) is 1. The van der Waals surface area contributed by atoms with Crippen LogP contribution in [-0.2, 0) is 4.74 Å². The summed E-state index contributed by atoms with van der Waals surface area (Å²) in [7, 11) is 1.27. The van der Waals surface area contributed by atoms with Gasteiger partial charge in [0.2, 0.25) is 0 Å². The molecule has 6 nitrogen and oxygen atoms in total. The van der Waals surface area contributed by atoms with Gasteiger partial charge in [-0.2, -0.15) is 0 Å². The highest BCUT2D eigenvalue weighted by molar-refractivity contribution is 5.93. The number of aromatic nitrogens is 2. The van der Waals surface area contributed by atoms with Crippen LogP contribution in [0.1, 0.15) is 15.9 Å². The lowest BCUT2D eigenvalue weighted by Crippen LogP contribution is -2.33. The quantitative estimate of drug-likeness (QED) is 0.732. The fraction of sp³-hybridized carbons (Fsp3) is 0.118. The van der Waals surface area contributed by atoms with Crippen molar-refractivity contribution in [1.82, 2.24) is 9.55 Å². The number of carbonyl (C=O) groups is 1. The smallest absolute Gasteiger partial charge is 0.337 e. The molecule has 1 aromatic heterocycles. The molecular weight excluding hydrogens is 296 g/mol. The van der Waals surface area contributed by atoms with Gasteiger partial charge in [-0.05, 0) is 37.3 Å². The summed E-state index contributed by atoms with van der Waals surface area (Å²) in [6.45, 7) is 1.92. The second kappa shape index (κ2) is 5.57. The second-order valence-corrected chi connectivity index (χ2v) is 5.16. The summed E-state index contributed by atoms with van der Waals surface area (Å²) in [6.07, 6.45) is 0. The lowest BCUT2D eigenvalue weighted by molar-refractivity contribution is 0.0601. The van der Waals surface area contributed by atoms with E-state index in [9.17, 15) is 14.4 Å². The zero-order valence-electron chi connectivity index (χ0n) is 12.6. The maximum absolute atomic E-state index is 12.6. The van der Waals surface area contributed by atoms with Gasteiger partial charge in [0.15, 0.2) is 0 Å². The number of nitrogens with one attached hydrogen (secondary N) is 1. The molecule has 6 heteroatoms. The van der Waals surface area contributed by atoms with E-state index in [1.54, 1.807) is 12.1 Å². The fourth-order valence-corrected chi connectivity index (χ4v) is 2.39. The van der Waals surface area contributed by atoms with E-state index in [0.29, 0.717) is 16.6 Å². The minimum Gasteiger partial charge on any atom is -0.465 e. The van der Waals surface area contributed by atoms with E-state index >= 15 is 0 Å². The first kappa shape index (κ1) is 14.8. The van der Waals surface area contributed by atoms with E-state index < -0.39 is 17.2 Å². The summed E-state index contributed by atoms with van der Waals surface area (Å²) in [4.78, 5) is 39.1. The van der Waals surface area contributed by atoms with Crippen LogP contribution in [-0.4, -0.2) is 22.6 Å². The van der Waals surface area contributed by atoms with Crippen molar-refractivity contribution < 1.29 is 9.53 Å². The number of methoxy groups -OCH3 is 1. The van der Waals surface area contributed by atoms with Gasteiger partial charge in [0.1, 0.15) is 0 Å². The molecule has 1 N–H and O–H groups in total. The van der Waals surface area contributed by atoms with Gasteiger partial charge in [-0.3, -0.25) is 4.79 Å². The van der Waals surface area contributed by atoms with E-state index in [0.717, 1.165) is 10.1 Å². The van der Waals surface area contributed by atoms with Crippen molar-refractivity contribution in [2.75, 3.05) is 7.11 Å². The van der Waals surface area contributed by atoms with Gasteiger partial charge in [0.05, 0.1) is 29.3 Å². The van der Waals surface area contributed by atoms with Gasteiger partial charge in [0, 0.05) is 0 Å². The zero-order valence-corrected chi connectivity index (χ0v) is 12.6. The molecule has 0 fully saturated rings. The average molecular weight is 310 g/mol. The van der Waals surface area contributed by atoms with Crippen LogP contribution in [0.4, 0.5) is 0 Å². The van der Waals surface area contributed by atoms with E-state index in [-0.39, 0.29) is 5.56 Å². The topological polar surface area (TPSA) is 81.2 Å². The molecule has 23 heavy (non-hydrogen) atoms. The molecule has 0 saturated heterocycles. The second-order valence-electron chi connectivity index (χ2n) is 5.16. The molecule has 0 atom stereocenters. The van der Waals surface area contributed by atoms with E-state index in [1.807, 2.05) is 19.1 Å². The van der Waals surface area contributed by atoms with Gasteiger partial charge in [0.25, 0.3) is 5.56 Å². The Morgan fingerprint density at radius 2 is 1.78 bits per heavy atom. The molecule has 3 aromatic rings. The summed E-state index contributed by atoms with van der Waals surface area (Å²) in [5, 5.41) is 0.317. The zero-order chi connectivity index (χ0) is 16.6. The maximum Gasteiger partial charge on any atom is 0.337 e. The van der Waals surface area contributed by atoms with Crippen molar-refractivity contribution in [3.63, 3.8) is 0 Å². The molecule has 0 aliphatic rings. The minimum absolute atomic E-state index is 0.267. The highest BCUT2D eigenvalue weighted by Crippen LogP contribution is 2.12. The Bertz CT molecular complexity index is 1010. The number of hydrogen-bond donors (Lipinski definition) is 1. The molecular formula is C17H14N2O4. The number of aromatic amines is 1. The maximum atomic E-state index is 12.6. The predicted octanol–water partition coefficient (Wildman–Crippen LogP) is 1.77. The van der Waals surface area contributed by atoms with Crippen LogP contribution < -0.4 is 11.2 Å². The lowest BCUT2D eigenvalue weighted by Gasteiger charge is -2.07. The molecule has 0 radical (unpaired) electrons. The molecule has 0 amide bonds. The number of rotatable bonds is 2. The Kier molecular flexibility index (Phi) is 3.57. The van der Waals surface area contributed by atoms with Gasteiger partial charge in [-0.25, -0.2) is 14.2 Å². The van der Waals surface area contributed by atoms with Gasteiger partial charge < -0.3 is 9.72 Å². The summed E-state index contributed by atoms with van der Waals surface area (Å²) < 4.78 is 5.70. The van der Waals surface area contributed by atoms with Crippen LogP contribution >= 0.6 is 0 Å². The fourth-order valence-electron chi connectivity index (χ4n) is 2.39. The first-order chi connectivity index (χ1) is 11.0.